The van der Waals surface area contributed by atoms with E-state index in [-0.39, 0.29) is 4.90 Å². The van der Waals surface area contributed by atoms with Crippen LogP contribution in [0.5, 0.6) is 0 Å². The van der Waals surface area contributed by atoms with Crippen LogP contribution >= 0.6 is 11.6 Å². The van der Waals surface area contributed by atoms with Crippen molar-refractivity contribution in [2.75, 3.05) is 13.1 Å². The normalized spacial score (nSPS) is 20.2. The maximum Gasteiger partial charge on any atom is 0.240 e. The molecule has 2 N–H and O–H groups in total. The molecular weight excluding hydrogens is 272 g/mol. The maximum atomic E-state index is 11.9. The lowest BCUT2D eigenvalue weighted by Crippen LogP contribution is -2.30. The van der Waals surface area contributed by atoms with Crippen LogP contribution < -0.4 is 10.0 Å². The van der Waals surface area contributed by atoms with E-state index in [1.165, 1.54) is 18.6 Å². The highest BCUT2D eigenvalue weighted by atomic mass is 35.5. The number of halogens is 1. The van der Waals surface area contributed by atoms with E-state index in [2.05, 4.69) is 10.0 Å². The van der Waals surface area contributed by atoms with Crippen LogP contribution in [0.4, 0.5) is 0 Å². The van der Waals surface area contributed by atoms with Gasteiger partial charge in [-0.2, -0.15) is 0 Å². The number of benzene rings is 1. The van der Waals surface area contributed by atoms with E-state index in [1.807, 2.05) is 0 Å². The standard InChI is InChI=1S/C12H17ClN2O2S/c13-10-3-5-12(6-4-10)18(16,17)15-9-7-11-2-1-8-14-11/h3-6,11,14-15H,1-2,7-9H2. The second-order valence-electron chi connectivity index (χ2n) is 4.43. The molecule has 1 aromatic carbocycles. The molecule has 0 amide bonds. The van der Waals surface area contributed by atoms with Crippen molar-refractivity contribution in [3.63, 3.8) is 0 Å². The van der Waals surface area contributed by atoms with Gasteiger partial charge in [0.1, 0.15) is 0 Å². The molecule has 0 aromatic heterocycles. The van der Waals surface area contributed by atoms with Crippen LogP contribution in [0, 0.1) is 0 Å². The van der Waals surface area contributed by atoms with Gasteiger partial charge >= 0.3 is 0 Å². The van der Waals surface area contributed by atoms with Crippen molar-refractivity contribution in [3.05, 3.63) is 29.3 Å². The number of sulfonamides is 1. The summed E-state index contributed by atoms with van der Waals surface area (Å²) in [5.41, 5.74) is 0. The Kier molecular flexibility index (Phi) is 4.61. The molecule has 0 saturated carbocycles. The molecule has 18 heavy (non-hydrogen) atoms. The average molecular weight is 289 g/mol. The van der Waals surface area contributed by atoms with E-state index in [0.717, 1.165) is 19.4 Å². The molecule has 1 fully saturated rings. The Bertz CT molecular complexity index is 481. The third-order valence-electron chi connectivity index (χ3n) is 3.07. The van der Waals surface area contributed by atoms with Gasteiger partial charge in [0.2, 0.25) is 10.0 Å². The molecule has 1 saturated heterocycles. The van der Waals surface area contributed by atoms with Crippen molar-refractivity contribution in [2.45, 2.75) is 30.2 Å². The third kappa shape index (κ3) is 3.68. The summed E-state index contributed by atoms with van der Waals surface area (Å²) in [6.45, 7) is 1.50. The molecule has 1 aliphatic heterocycles. The predicted molar refractivity (Wildman–Crippen MR) is 72.3 cm³/mol. The summed E-state index contributed by atoms with van der Waals surface area (Å²) in [7, 11) is -3.41. The van der Waals surface area contributed by atoms with Crippen LogP contribution in [0.25, 0.3) is 0 Å². The molecular formula is C12H17ClN2O2S. The number of hydrogen-bond acceptors (Lipinski definition) is 3. The molecule has 0 bridgehead atoms. The fraction of sp³-hybridized carbons (Fsp3) is 0.500. The van der Waals surface area contributed by atoms with Crippen LogP contribution in [0.3, 0.4) is 0 Å². The molecule has 6 heteroatoms. The Morgan fingerprint density at radius 2 is 2.06 bits per heavy atom. The fourth-order valence-electron chi connectivity index (χ4n) is 2.07. The third-order valence-corrected chi connectivity index (χ3v) is 4.80. The van der Waals surface area contributed by atoms with Crippen molar-refractivity contribution >= 4 is 21.6 Å². The minimum absolute atomic E-state index is 0.256. The highest BCUT2D eigenvalue weighted by Crippen LogP contribution is 2.14. The summed E-state index contributed by atoms with van der Waals surface area (Å²) in [6, 6.07) is 6.62. The van der Waals surface area contributed by atoms with E-state index >= 15 is 0 Å². The molecule has 1 atom stereocenters. The lowest BCUT2D eigenvalue weighted by molar-refractivity contribution is 0.539. The predicted octanol–water partition coefficient (Wildman–Crippen LogP) is 1.76. The summed E-state index contributed by atoms with van der Waals surface area (Å²) in [5, 5.41) is 3.87. The summed E-state index contributed by atoms with van der Waals surface area (Å²) in [5.74, 6) is 0. The molecule has 1 unspecified atom stereocenters. The van der Waals surface area contributed by atoms with Gasteiger partial charge in [0.05, 0.1) is 4.90 Å². The van der Waals surface area contributed by atoms with E-state index in [0.29, 0.717) is 17.6 Å². The molecule has 1 heterocycles. The lowest BCUT2D eigenvalue weighted by Gasteiger charge is -2.11. The molecule has 100 valence electrons. The van der Waals surface area contributed by atoms with Gasteiger partial charge in [-0.1, -0.05) is 11.6 Å². The number of rotatable bonds is 5. The van der Waals surface area contributed by atoms with E-state index in [4.69, 9.17) is 11.6 Å². The molecule has 2 rings (SSSR count). The second-order valence-corrected chi connectivity index (χ2v) is 6.64. The minimum atomic E-state index is -3.41. The fourth-order valence-corrected chi connectivity index (χ4v) is 3.24. The average Bonchev–Trinajstić information content (AvgIpc) is 2.82. The first-order chi connectivity index (χ1) is 8.58. The minimum Gasteiger partial charge on any atom is -0.314 e. The SMILES string of the molecule is O=S(=O)(NCCC1CCCN1)c1ccc(Cl)cc1. The van der Waals surface area contributed by atoms with Crippen molar-refractivity contribution in [2.24, 2.45) is 0 Å². The van der Waals surface area contributed by atoms with Crippen LogP contribution in [0.2, 0.25) is 5.02 Å². The van der Waals surface area contributed by atoms with Crippen LogP contribution in [0.1, 0.15) is 19.3 Å². The van der Waals surface area contributed by atoms with Crippen molar-refractivity contribution in [3.8, 4) is 0 Å². The molecule has 0 radical (unpaired) electrons. The molecule has 1 aromatic rings. The van der Waals surface area contributed by atoms with Crippen molar-refractivity contribution in [1.29, 1.82) is 0 Å². The molecule has 0 aliphatic carbocycles. The van der Waals surface area contributed by atoms with E-state index in [9.17, 15) is 8.42 Å². The smallest absolute Gasteiger partial charge is 0.240 e. The van der Waals surface area contributed by atoms with Gasteiger partial charge < -0.3 is 5.32 Å². The molecule has 1 aliphatic rings. The molecule has 4 nitrogen and oxygen atoms in total. The Labute approximate surface area is 113 Å². The van der Waals surface area contributed by atoms with E-state index < -0.39 is 10.0 Å². The van der Waals surface area contributed by atoms with Crippen LogP contribution in [0.15, 0.2) is 29.2 Å². The number of nitrogens with one attached hydrogen (secondary N) is 2. The largest absolute Gasteiger partial charge is 0.314 e. The van der Waals surface area contributed by atoms with Gasteiger partial charge in [-0.25, -0.2) is 13.1 Å². The lowest BCUT2D eigenvalue weighted by atomic mass is 10.2. The Balaban J connectivity index is 1.88. The van der Waals surface area contributed by atoms with Gasteiger partial charge in [0.25, 0.3) is 0 Å². The first-order valence-corrected chi connectivity index (χ1v) is 7.93. The van der Waals surface area contributed by atoms with Gasteiger partial charge in [0.15, 0.2) is 0 Å². The summed E-state index contributed by atoms with van der Waals surface area (Å²) in [4.78, 5) is 0.256. The van der Waals surface area contributed by atoms with Crippen molar-refractivity contribution < 1.29 is 8.42 Å². The monoisotopic (exact) mass is 288 g/mol. The van der Waals surface area contributed by atoms with E-state index in [1.54, 1.807) is 12.1 Å². The Morgan fingerprint density at radius 3 is 2.67 bits per heavy atom. The zero-order valence-electron chi connectivity index (χ0n) is 10.0. The van der Waals surface area contributed by atoms with Gasteiger partial charge in [0, 0.05) is 17.6 Å². The summed E-state index contributed by atoms with van der Waals surface area (Å²) < 4.78 is 26.5. The summed E-state index contributed by atoms with van der Waals surface area (Å²) >= 11 is 5.73. The van der Waals surface area contributed by atoms with Crippen LogP contribution in [-0.4, -0.2) is 27.5 Å². The Morgan fingerprint density at radius 1 is 1.33 bits per heavy atom. The zero-order chi connectivity index (χ0) is 13.0. The summed E-state index contributed by atoms with van der Waals surface area (Å²) in [6.07, 6.45) is 3.13. The van der Waals surface area contributed by atoms with Crippen LogP contribution in [-0.2, 0) is 10.0 Å². The quantitative estimate of drug-likeness (QED) is 0.868. The second kappa shape index (κ2) is 6.02. The Hall–Kier alpha value is -0.620. The van der Waals surface area contributed by atoms with Gasteiger partial charge in [-0.05, 0) is 50.1 Å². The zero-order valence-corrected chi connectivity index (χ0v) is 11.6. The highest BCUT2D eigenvalue weighted by Gasteiger charge is 2.16. The number of hydrogen-bond donors (Lipinski definition) is 2. The first-order valence-electron chi connectivity index (χ1n) is 6.06. The van der Waals surface area contributed by atoms with Gasteiger partial charge in [-0.3, -0.25) is 0 Å². The van der Waals surface area contributed by atoms with Gasteiger partial charge in [-0.15, -0.1) is 0 Å². The first kappa shape index (κ1) is 13.8. The highest BCUT2D eigenvalue weighted by molar-refractivity contribution is 7.89. The van der Waals surface area contributed by atoms with Crippen molar-refractivity contribution in [1.82, 2.24) is 10.0 Å². The topological polar surface area (TPSA) is 58.2 Å². The molecule has 0 spiro atoms. The maximum absolute atomic E-state index is 11.9.